The smallest absolute Gasteiger partial charge is 0.294 e. The number of carbonyl (C=O) groups excluding carboxylic acids is 2. The molecule has 4 rings (SSSR count). The van der Waals surface area contributed by atoms with E-state index in [2.05, 4.69) is 5.32 Å². The van der Waals surface area contributed by atoms with Crippen LogP contribution in [0.15, 0.2) is 72.9 Å². The zero-order valence-corrected chi connectivity index (χ0v) is 17.2. The number of hydrogen-bond acceptors (Lipinski definition) is 3. The predicted octanol–water partition coefficient (Wildman–Crippen LogP) is 3.75. The highest BCUT2D eigenvalue weighted by atomic mass is 35.5. The third-order valence-electron chi connectivity index (χ3n) is 4.87. The summed E-state index contributed by atoms with van der Waals surface area (Å²) in [6, 6.07) is 18.8. The molecule has 0 unspecified atom stereocenters. The summed E-state index contributed by atoms with van der Waals surface area (Å²) in [5.74, 6) is 0.237. The summed E-state index contributed by atoms with van der Waals surface area (Å²) >= 11 is 5.94. The molecule has 30 heavy (non-hydrogen) atoms. The summed E-state index contributed by atoms with van der Waals surface area (Å²) in [7, 11) is 0. The van der Waals surface area contributed by atoms with Crippen LogP contribution < -0.4 is 19.5 Å². The Bertz CT molecular complexity index is 1070. The lowest BCUT2D eigenvalue weighted by Gasteiger charge is -2.32. The number of rotatable bonds is 5. The Balaban J connectivity index is 1.72. The molecule has 0 aliphatic carbocycles. The van der Waals surface area contributed by atoms with Crippen LogP contribution in [0.2, 0.25) is 5.02 Å². The first-order chi connectivity index (χ1) is 14.6. The summed E-state index contributed by atoms with van der Waals surface area (Å²) in [5.41, 5.74) is 1.98. The number of nitrogens with zero attached hydrogens (tertiary/aromatic N) is 2. The van der Waals surface area contributed by atoms with Gasteiger partial charge < -0.3 is 10.1 Å². The first kappa shape index (κ1) is 19.9. The largest absolute Gasteiger partial charge is 0.494 e. The molecule has 0 saturated heterocycles. The second kappa shape index (κ2) is 8.55. The molecule has 2 amide bonds. The molecule has 1 atom stereocenters. The number of carbonyl (C=O) groups is 2. The van der Waals surface area contributed by atoms with E-state index in [0.717, 1.165) is 5.69 Å². The Morgan fingerprint density at radius 3 is 2.57 bits per heavy atom. The highest BCUT2D eigenvalue weighted by Crippen LogP contribution is 2.31. The third-order valence-corrected chi connectivity index (χ3v) is 5.13. The van der Waals surface area contributed by atoms with Gasteiger partial charge in [-0.25, -0.2) is 0 Å². The monoisotopic (exact) mass is 422 g/mol. The number of aromatic nitrogens is 1. The number of halogens is 1. The van der Waals surface area contributed by atoms with Crippen molar-refractivity contribution in [3.63, 3.8) is 0 Å². The number of fused-ring (bicyclic) bond motifs is 1. The SMILES string of the molecule is CCOc1ccc(N2C(=O)C[n+]3ccccc3[C@H]2C(=O)Nc2ccc(Cl)cc2)cc1. The van der Waals surface area contributed by atoms with Gasteiger partial charge in [0, 0.05) is 28.5 Å². The number of nitrogens with one attached hydrogen (secondary N) is 1. The van der Waals surface area contributed by atoms with Crippen molar-refractivity contribution in [2.45, 2.75) is 19.5 Å². The van der Waals surface area contributed by atoms with Crippen molar-refractivity contribution < 1.29 is 18.9 Å². The minimum atomic E-state index is -0.818. The van der Waals surface area contributed by atoms with Gasteiger partial charge in [0.2, 0.25) is 18.3 Å². The molecule has 1 aromatic heterocycles. The van der Waals surface area contributed by atoms with Gasteiger partial charge in [-0.1, -0.05) is 17.7 Å². The molecule has 7 heteroatoms. The number of ether oxygens (including phenoxy) is 1. The number of pyridine rings is 1. The van der Waals surface area contributed by atoms with Gasteiger partial charge in [0.25, 0.3) is 11.8 Å². The molecule has 1 aliphatic rings. The van der Waals surface area contributed by atoms with Crippen LogP contribution in [0.3, 0.4) is 0 Å². The minimum Gasteiger partial charge on any atom is -0.494 e. The summed E-state index contributed by atoms with van der Waals surface area (Å²) in [6.07, 6.45) is 1.81. The highest BCUT2D eigenvalue weighted by Gasteiger charge is 2.43. The second-order valence-corrected chi connectivity index (χ2v) is 7.28. The van der Waals surface area contributed by atoms with E-state index in [1.807, 2.05) is 31.3 Å². The van der Waals surface area contributed by atoms with E-state index in [-0.39, 0.29) is 18.4 Å². The van der Waals surface area contributed by atoms with Gasteiger partial charge in [-0.2, -0.15) is 4.57 Å². The van der Waals surface area contributed by atoms with E-state index in [4.69, 9.17) is 16.3 Å². The second-order valence-electron chi connectivity index (χ2n) is 6.84. The van der Waals surface area contributed by atoms with Gasteiger partial charge in [0.05, 0.1) is 6.61 Å². The lowest BCUT2D eigenvalue weighted by molar-refractivity contribution is -0.695. The van der Waals surface area contributed by atoms with E-state index in [9.17, 15) is 9.59 Å². The molecule has 0 spiro atoms. The van der Waals surface area contributed by atoms with Crippen molar-refractivity contribution >= 4 is 34.8 Å². The van der Waals surface area contributed by atoms with Gasteiger partial charge in [0.1, 0.15) is 5.75 Å². The van der Waals surface area contributed by atoms with Crippen molar-refractivity contribution in [3.05, 3.63) is 83.6 Å². The Morgan fingerprint density at radius 2 is 1.87 bits per heavy atom. The van der Waals surface area contributed by atoms with E-state index in [1.54, 1.807) is 53.1 Å². The Hall–Kier alpha value is -3.38. The zero-order chi connectivity index (χ0) is 21.1. The van der Waals surface area contributed by atoms with Crippen LogP contribution in [0.4, 0.5) is 11.4 Å². The number of anilines is 2. The van der Waals surface area contributed by atoms with Crippen LogP contribution in [0.25, 0.3) is 0 Å². The molecular weight excluding hydrogens is 402 g/mol. The maximum atomic E-state index is 13.3. The molecular formula is C23H21ClN3O3+. The van der Waals surface area contributed by atoms with Crippen LogP contribution in [-0.4, -0.2) is 18.4 Å². The maximum absolute atomic E-state index is 13.3. The van der Waals surface area contributed by atoms with Crippen LogP contribution in [0.5, 0.6) is 5.75 Å². The van der Waals surface area contributed by atoms with Crippen LogP contribution in [0, 0.1) is 0 Å². The standard InChI is InChI=1S/C23H20ClN3O3/c1-2-30-19-12-10-18(11-13-19)27-21(28)15-26-14-4-3-5-20(26)22(27)23(29)25-17-8-6-16(24)7-9-17/h3-14,22H,2,15H2,1H3/p+1/t22-/m0/s1. The third kappa shape index (κ3) is 4.00. The molecule has 152 valence electrons. The highest BCUT2D eigenvalue weighted by molar-refractivity contribution is 6.30. The molecule has 0 bridgehead atoms. The van der Waals surface area contributed by atoms with Crippen molar-refractivity contribution in [2.24, 2.45) is 0 Å². The van der Waals surface area contributed by atoms with E-state index in [1.165, 1.54) is 4.90 Å². The molecule has 0 saturated carbocycles. The van der Waals surface area contributed by atoms with E-state index < -0.39 is 6.04 Å². The molecule has 6 nitrogen and oxygen atoms in total. The van der Waals surface area contributed by atoms with E-state index in [0.29, 0.717) is 28.8 Å². The minimum absolute atomic E-state index is 0.161. The topological polar surface area (TPSA) is 62.5 Å². The summed E-state index contributed by atoms with van der Waals surface area (Å²) < 4.78 is 7.30. The first-order valence-electron chi connectivity index (χ1n) is 9.66. The number of benzene rings is 2. The number of hydrogen-bond donors (Lipinski definition) is 1. The average molecular weight is 423 g/mol. The maximum Gasteiger partial charge on any atom is 0.294 e. The van der Waals surface area contributed by atoms with Crippen LogP contribution >= 0.6 is 11.6 Å². The fourth-order valence-electron chi connectivity index (χ4n) is 3.54. The molecule has 2 heterocycles. The average Bonchev–Trinajstić information content (AvgIpc) is 2.75. The first-order valence-corrected chi connectivity index (χ1v) is 10.0. The lowest BCUT2D eigenvalue weighted by atomic mass is 10.0. The summed E-state index contributed by atoms with van der Waals surface area (Å²) in [6.45, 7) is 2.62. The predicted molar refractivity (Wildman–Crippen MR) is 115 cm³/mol. The molecule has 0 fully saturated rings. The van der Waals surface area contributed by atoms with Crippen LogP contribution in [0.1, 0.15) is 18.7 Å². The van der Waals surface area contributed by atoms with Crippen LogP contribution in [-0.2, 0) is 16.1 Å². The van der Waals surface area contributed by atoms with Crippen molar-refractivity contribution in [3.8, 4) is 5.75 Å². The Labute approximate surface area is 179 Å². The molecule has 0 radical (unpaired) electrons. The Morgan fingerprint density at radius 1 is 1.13 bits per heavy atom. The fourth-order valence-corrected chi connectivity index (χ4v) is 3.66. The lowest BCUT2D eigenvalue weighted by Crippen LogP contribution is -2.58. The van der Waals surface area contributed by atoms with Crippen molar-refractivity contribution in [2.75, 3.05) is 16.8 Å². The van der Waals surface area contributed by atoms with Crippen molar-refractivity contribution in [1.29, 1.82) is 0 Å². The quantitative estimate of drug-likeness (QED) is 0.637. The fraction of sp³-hybridized carbons (Fsp3) is 0.174. The molecule has 1 aliphatic heterocycles. The zero-order valence-electron chi connectivity index (χ0n) is 16.4. The Kier molecular flexibility index (Phi) is 5.68. The van der Waals surface area contributed by atoms with Gasteiger partial charge >= 0.3 is 0 Å². The van der Waals surface area contributed by atoms with Gasteiger partial charge in [-0.05, 0) is 55.5 Å². The molecule has 1 N–H and O–H groups in total. The van der Waals surface area contributed by atoms with Gasteiger partial charge in [0.15, 0.2) is 6.20 Å². The van der Waals surface area contributed by atoms with E-state index >= 15 is 0 Å². The number of amides is 2. The molecule has 3 aromatic rings. The van der Waals surface area contributed by atoms with Gasteiger partial charge in [-0.15, -0.1) is 0 Å². The van der Waals surface area contributed by atoms with Gasteiger partial charge in [-0.3, -0.25) is 14.5 Å². The van der Waals surface area contributed by atoms with Crippen molar-refractivity contribution in [1.82, 2.24) is 0 Å². The molecule has 2 aromatic carbocycles. The summed E-state index contributed by atoms with van der Waals surface area (Å²) in [4.78, 5) is 27.9. The normalized spacial score (nSPS) is 15.5. The summed E-state index contributed by atoms with van der Waals surface area (Å²) in [5, 5.41) is 3.48.